The largest absolute Gasteiger partial charge is 0.383 e. The Kier molecular flexibility index (Phi) is 4.39. The van der Waals surface area contributed by atoms with E-state index in [4.69, 9.17) is 16.7 Å². The van der Waals surface area contributed by atoms with Gasteiger partial charge in [-0.05, 0) is 11.4 Å². The zero-order valence-corrected chi connectivity index (χ0v) is 11.8. The van der Waals surface area contributed by atoms with Gasteiger partial charge in [0.2, 0.25) is 5.91 Å². The maximum Gasteiger partial charge on any atom is 0.235 e. The van der Waals surface area contributed by atoms with E-state index in [1.807, 2.05) is 6.07 Å². The predicted octanol–water partition coefficient (Wildman–Crippen LogP) is 1.30. The minimum Gasteiger partial charge on any atom is -0.383 e. The van der Waals surface area contributed by atoms with Crippen molar-refractivity contribution in [2.75, 3.05) is 22.5 Å². The number of thiophene rings is 1. The Labute approximate surface area is 123 Å². The Balaban J connectivity index is 1.94. The van der Waals surface area contributed by atoms with Crippen LogP contribution in [0.15, 0.2) is 22.7 Å². The smallest absolute Gasteiger partial charge is 0.235 e. The fourth-order valence-corrected chi connectivity index (χ4v) is 2.74. The molecule has 2 heterocycles. The highest BCUT2D eigenvalue weighted by Gasteiger charge is 2.10. The lowest BCUT2D eigenvalue weighted by Gasteiger charge is -2.04. The van der Waals surface area contributed by atoms with Gasteiger partial charge in [0.05, 0.1) is 11.3 Å². The average molecular weight is 306 g/mol. The molecule has 9 heteroatoms. The summed E-state index contributed by atoms with van der Waals surface area (Å²) in [6, 6.07) is 5.09. The maximum atomic E-state index is 11.8. The van der Waals surface area contributed by atoms with Crippen LogP contribution in [-0.2, 0) is 4.79 Å². The molecule has 20 heavy (non-hydrogen) atoms. The van der Waals surface area contributed by atoms with Crippen molar-refractivity contribution in [2.45, 2.75) is 5.16 Å². The minimum absolute atomic E-state index is 0.103. The van der Waals surface area contributed by atoms with Crippen LogP contribution in [0, 0.1) is 11.3 Å². The quantitative estimate of drug-likeness (QED) is 0.573. The number of carbonyl (C=O) groups excluding carboxylic acids is 1. The molecule has 5 N–H and O–H groups in total. The van der Waals surface area contributed by atoms with E-state index in [2.05, 4.69) is 15.3 Å². The summed E-state index contributed by atoms with van der Waals surface area (Å²) in [5.74, 6) is 0.362. The number of thioether (sulfide) groups is 1. The Morgan fingerprint density at radius 2 is 2.15 bits per heavy atom. The van der Waals surface area contributed by atoms with Crippen LogP contribution >= 0.6 is 23.1 Å². The summed E-state index contributed by atoms with van der Waals surface area (Å²) in [6.07, 6.45) is 0. The first-order valence-electron chi connectivity index (χ1n) is 5.39. The molecule has 0 atom stereocenters. The highest BCUT2D eigenvalue weighted by atomic mass is 32.2. The minimum atomic E-state index is -0.251. The third-order valence-electron chi connectivity index (χ3n) is 2.12. The number of carbonyl (C=O) groups is 1. The second-order valence-corrected chi connectivity index (χ2v) is 5.47. The van der Waals surface area contributed by atoms with Crippen LogP contribution in [0.25, 0.3) is 0 Å². The number of hydrogen-bond donors (Lipinski definition) is 3. The van der Waals surface area contributed by atoms with Crippen LogP contribution in [0.3, 0.4) is 0 Å². The van der Waals surface area contributed by atoms with E-state index in [9.17, 15) is 4.79 Å². The Morgan fingerprint density at radius 1 is 1.45 bits per heavy atom. The molecule has 0 radical (unpaired) electrons. The monoisotopic (exact) mass is 306 g/mol. The molecule has 102 valence electrons. The molecular weight excluding hydrogens is 296 g/mol. The molecule has 1 amide bonds. The summed E-state index contributed by atoms with van der Waals surface area (Å²) < 4.78 is 0. The molecule has 0 bridgehead atoms. The van der Waals surface area contributed by atoms with Gasteiger partial charge in [0.25, 0.3) is 0 Å². The van der Waals surface area contributed by atoms with Crippen LogP contribution in [0.1, 0.15) is 5.56 Å². The molecule has 0 aromatic carbocycles. The Morgan fingerprint density at radius 3 is 2.80 bits per heavy atom. The van der Waals surface area contributed by atoms with E-state index < -0.39 is 0 Å². The highest BCUT2D eigenvalue weighted by Crippen LogP contribution is 2.23. The number of hydrogen-bond acceptors (Lipinski definition) is 8. The summed E-state index contributed by atoms with van der Waals surface area (Å²) in [5.41, 5.74) is 11.5. The number of nitrogen functional groups attached to an aromatic ring is 2. The van der Waals surface area contributed by atoms with E-state index >= 15 is 0 Å². The van der Waals surface area contributed by atoms with Crippen molar-refractivity contribution in [1.82, 2.24) is 9.97 Å². The molecule has 0 unspecified atom stereocenters. The lowest BCUT2D eigenvalue weighted by Crippen LogP contribution is -2.14. The van der Waals surface area contributed by atoms with Gasteiger partial charge in [-0.2, -0.15) is 5.26 Å². The summed E-state index contributed by atoms with van der Waals surface area (Å²) in [4.78, 5) is 19.7. The fraction of sp³-hybridized carbons (Fsp3) is 0.0909. The first kappa shape index (κ1) is 14.1. The molecule has 2 aromatic heterocycles. The first-order valence-corrected chi connectivity index (χ1v) is 7.25. The predicted molar refractivity (Wildman–Crippen MR) is 79.2 cm³/mol. The molecule has 0 fully saturated rings. The van der Waals surface area contributed by atoms with Crippen molar-refractivity contribution in [3.63, 3.8) is 0 Å². The molecule has 0 spiro atoms. The van der Waals surface area contributed by atoms with E-state index in [1.165, 1.54) is 17.4 Å². The fourth-order valence-electron chi connectivity index (χ4n) is 1.31. The van der Waals surface area contributed by atoms with Crippen molar-refractivity contribution < 1.29 is 4.79 Å². The summed E-state index contributed by atoms with van der Waals surface area (Å²) >= 11 is 2.41. The number of aromatic nitrogens is 2. The molecule has 7 nitrogen and oxygen atoms in total. The van der Waals surface area contributed by atoms with Crippen LogP contribution in [-0.4, -0.2) is 21.6 Å². The lowest BCUT2D eigenvalue weighted by atomic mass is 10.3. The normalized spacial score (nSPS) is 9.95. The SMILES string of the molecule is N#Cc1ccsc1NC(=O)CSc1nc(N)cc(N)n1. The van der Waals surface area contributed by atoms with Crippen LogP contribution < -0.4 is 16.8 Å². The highest BCUT2D eigenvalue weighted by molar-refractivity contribution is 7.99. The summed E-state index contributed by atoms with van der Waals surface area (Å²) in [5, 5.41) is 14.1. The Bertz CT molecular complexity index is 658. The molecule has 0 saturated heterocycles. The number of anilines is 3. The lowest BCUT2D eigenvalue weighted by molar-refractivity contribution is -0.113. The molecule has 0 aliphatic rings. The second kappa shape index (κ2) is 6.23. The third-order valence-corrected chi connectivity index (χ3v) is 3.79. The van der Waals surface area contributed by atoms with E-state index in [1.54, 1.807) is 11.4 Å². The van der Waals surface area contributed by atoms with Crippen molar-refractivity contribution >= 4 is 45.6 Å². The number of rotatable bonds is 4. The first-order chi connectivity index (χ1) is 9.58. The summed E-state index contributed by atoms with van der Waals surface area (Å²) in [6.45, 7) is 0. The van der Waals surface area contributed by atoms with Gasteiger partial charge in [0, 0.05) is 6.07 Å². The molecule has 0 saturated carbocycles. The van der Waals surface area contributed by atoms with Crippen LogP contribution in [0.4, 0.5) is 16.6 Å². The standard InChI is InChI=1S/C11H10N6OS2/c12-4-6-1-2-19-10(6)17-9(18)5-20-11-15-7(13)3-8(14)16-11/h1-3H,5H2,(H,17,18)(H4,13,14,15,16). The van der Waals surface area contributed by atoms with E-state index in [-0.39, 0.29) is 23.3 Å². The van der Waals surface area contributed by atoms with Gasteiger partial charge < -0.3 is 16.8 Å². The molecular formula is C11H10N6OS2. The second-order valence-electron chi connectivity index (χ2n) is 3.61. The van der Waals surface area contributed by atoms with Gasteiger partial charge in [-0.3, -0.25) is 4.79 Å². The molecule has 2 aromatic rings. The van der Waals surface area contributed by atoms with Gasteiger partial charge in [-0.15, -0.1) is 11.3 Å². The van der Waals surface area contributed by atoms with E-state index in [0.29, 0.717) is 15.7 Å². The number of amides is 1. The van der Waals surface area contributed by atoms with Crippen molar-refractivity contribution in [2.24, 2.45) is 0 Å². The zero-order valence-electron chi connectivity index (χ0n) is 10.2. The van der Waals surface area contributed by atoms with Gasteiger partial charge >= 0.3 is 0 Å². The van der Waals surface area contributed by atoms with Gasteiger partial charge in [-0.1, -0.05) is 11.8 Å². The Hall–Kier alpha value is -2.31. The van der Waals surface area contributed by atoms with Crippen LogP contribution in [0.5, 0.6) is 0 Å². The molecule has 0 aliphatic carbocycles. The van der Waals surface area contributed by atoms with Gasteiger partial charge in [0.1, 0.15) is 22.7 Å². The third kappa shape index (κ3) is 3.59. The molecule has 0 aliphatic heterocycles. The summed E-state index contributed by atoms with van der Waals surface area (Å²) in [7, 11) is 0. The zero-order chi connectivity index (χ0) is 14.5. The number of nitrogens with two attached hydrogens (primary N) is 2. The number of nitrogens with zero attached hydrogens (tertiary/aromatic N) is 3. The number of nitrogens with one attached hydrogen (secondary N) is 1. The van der Waals surface area contributed by atoms with Gasteiger partial charge in [0.15, 0.2) is 5.16 Å². The van der Waals surface area contributed by atoms with Crippen LogP contribution in [0.2, 0.25) is 0 Å². The van der Waals surface area contributed by atoms with Gasteiger partial charge in [-0.25, -0.2) is 9.97 Å². The number of nitriles is 1. The van der Waals surface area contributed by atoms with E-state index in [0.717, 1.165) is 11.8 Å². The maximum absolute atomic E-state index is 11.8. The van der Waals surface area contributed by atoms with Crippen molar-refractivity contribution in [1.29, 1.82) is 5.26 Å². The molecule has 2 rings (SSSR count). The van der Waals surface area contributed by atoms with Crippen molar-refractivity contribution in [3.8, 4) is 6.07 Å². The van der Waals surface area contributed by atoms with Crippen molar-refractivity contribution in [3.05, 3.63) is 23.1 Å². The average Bonchev–Trinajstić information content (AvgIpc) is 2.82. The topological polar surface area (TPSA) is 131 Å².